The van der Waals surface area contributed by atoms with Crippen LogP contribution in [-0.4, -0.2) is 10.9 Å². The van der Waals surface area contributed by atoms with Crippen molar-refractivity contribution in [2.24, 2.45) is 34.5 Å². The molecule has 7 atom stereocenters. The summed E-state index contributed by atoms with van der Waals surface area (Å²) in [6.07, 6.45) is 29.9. The van der Waals surface area contributed by atoms with Gasteiger partial charge < -0.3 is 4.90 Å². The minimum Gasteiger partial charge on any atom is -0.351 e. The van der Waals surface area contributed by atoms with Crippen molar-refractivity contribution in [1.82, 2.24) is 4.90 Å². The molecule has 0 bridgehead atoms. The van der Waals surface area contributed by atoms with Gasteiger partial charge in [-0.15, -0.1) is 0 Å². The van der Waals surface area contributed by atoms with Crippen molar-refractivity contribution in [3.8, 4) is 0 Å². The molecule has 0 aromatic carbocycles. The highest BCUT2D eigenvalue weighted by Crippen LogP contribution is 2.65. The molecule has 1 aliphatic heterocycles. The van der Waals surface area contributed by atoms with Gasteiger partial charge >= 0.3 is 0 Å². The van der Waals surface area contributed by atoms with E-state index in [4.69, 9.17) is 0 Å². The monoisotopic (exact) mass is 349 g/mol. The van der Waals surface area contributed by atoms with Crippen LogP contribution in [0.1, 0.15) is 65.2 Å². The van der Waals surface area contributed by atoms with Crippen LogP contribution in [0.4, 0.5) is 0 Å². The molecular formula is C25H35N. The summed E-state index contributed by atoms with van der Waals surface area (Å²) in [6, 6.07) is 0.688. The van der Waals surface area contributed by atoms with Crippen molar-refractivity contribution < 1.29 is 0 Å². The van der Waals surface area contributed by atoms with E-state index >= 15 is 0 Å². The standard InChI is InChI=1S/C25H35N/c1-24-15-6-5-9-19(24)10-11-20-21-12-13-23(25(21,2)16-14-22(20)24)26-17-7-3-4-8-18-26/h3-4,6-8,15,17-23H,5,9-14,16H2,1-2H3/t19?,20-,21-,22-,23?,24-,25-/m0/s1. The van der Waals surface area contributed by atoms with E-state index in [-0.39, 0.29) is 0 Å². The highest BCUT2D eigenvalue weighted by atomic mass is 15.1. The van der Waals surface area contributed by atoms with Gasteiger partial charge in [-0.1, -0.05) is 38.2 Å². The Morgan fingerprint density at radius 1 is 0.808 bits per heavy atom. The third kappa shape index (κ3) is 2.35. The fraction of sp³-hybridized carbons (Fsp3) is 0.680. The zero-order chi connectivity index (χ0) is 17.8. The van der Waals surface area contributed by atoms with Crippen LogP contribution in [0.25, 0.3) is 0 Å². The number of fused-ring (bicyclic) bond motifs is 5. The molecule has 3 fully saturated rings. The van der Waals surface area contributed by atoms with Crippen LogP contribution in [0.15, 0.2) is 48.9 Å². The first kappa shape index (κ1) is 16.9. The Labute approximate surface area is 159 Å². The molecule has 1 heterocycles. The van der Waals surface area contributed by atoms with Gasteiger partial charge in [-0.05, 0) is 98.0 Å². The second-order valence-electron chi connectivity index (χ2n) is 10.1. The Morgan fingerprint density at radius 3 is 2.42 bits per heavy atom. The molecule has 5 rings (SSSR count). The van der Waals surface area contributed by atoms with Gasteiger partial charge in [0.15, 0.2) is 0 Å². The van der Waals surface area contributed by atoms with E-state index < -0.39 is 0 Å². The third-order valence-electron chi connectivity index (χ3n) is 9.28. The molecule has 2 unspecified atom stereocenters. The summed E-state index contributed by atoms with van der Waals surface area (Å²) in [5.41, 5.74) is 0.981. The predicted molar refractivity (Wildman–Crippen MR) is 109 cm³/mol. The first-order chi connectivity index (χ1) is 12.6. The summed E-state index contributed by atoms with van der Waals surface area (Å²) in [6.45, 7) is 5.25. The molecule has 0 N–H and O–H groups in total. The maximum atomic E-state index is 2.65. The summed E-state index contributed by atoms with van der Waals surface area (Å²) < 4.78 is 0. The van der Waals surface area contributed by atoms with Gasteiger partial charge in [0, 0.05) is 18.4 Å². The maximum Gasteiger partial charge on any atom is 0.0387 e. The lowest BCUT2D eigenvalue weighted by Crippen LogP contribution is -2.53. The Morgan fingerprint density at radius 2 is 1.62 bits per heavy atom. The molecular weight excluding hydrogens is 314 g/mol. The first-order valence-corrected chi connectivity index (χ1v) is 11.1. The summed E-state index contributed by atoms with van der Waals surface area (Å²) in [7, 11) is 0. The van der Waals surface area contributed by atoms with E-state index in [0.717, 1.165) is 23.7 Å². The van der Waals surface area contributed by atoms with Crippen molar-refractivity contribution in [2.75, 3.05) is 0 Å². The van der Waals surface area contributed by atoms with E-state index in [0.29, 0.717) is 16.9 Å². The lowest BCUT2D eigenvalue weighted by molar-refractivity contribution is -0.0789. The normalized spacial score (nSPS) is 49.5. The topological polar surface area (TPSA) is 3.24 Å². The number of hydrogen-bond donors (Lipinski definition) is 0. The summed E-state index contributed by atoms with van der Waals surface area (Å²) in [5, 5.41) is 0. The molecule has 5 aliphatic rings. The van der Waals surface area contributed by atoms with E-state index in [9.17, 15) is 0 Å². The molecule has 1 heteroatoms. The first-order valence-electron chi connectivity index (χ1n) is 11.1. The van der Waals surface area contributed by atoms with Gasteiger partial charge in [0.05, 0.1) is 0 Å². The minimum atomic E-state index is 0.488. The molecule has 26 heavy (non-hydrogen) atoms. The fourth-order valence-electron chi connectivity index (χ4n) is 7.97. The van der Waals surface area contributed by atoms with Gasteiger partial charge in [-0.25, -0.2) is 0 Å². The number of nitrogens with zero attached hydrogens (tertiary/aromatic N) is 1. The fourth-order valence-corrected chi connectivity index (χ4v) is 7.97. The summed E-state index contributed by atoms with van der Waals surface area (Å²) in [5.74, 6) is 3.78. The molecule has 0 aromatic rings. The van der Waals surface area contributed by atoms with Gasteiger partial charge in [0.2, 0.25) is 0 Å². The average Bonchev–Trinajstić information content (AvgIpc) is 2.81. The Kier molecular flexibility index (Phi) is 3.99. The highest BCUT2D eigenvalue weighted by molar-refractivity contribution is 5.20. The van der Waals surface area contributed by atoms with Crippen molar-refractivity contribution in [2.45, 2.75) is 71.3 Å². The van der Waals surface area contributed by atoms with Gasteiger partial charge in [-0.2, -0.15) is 0 Å². The van der Waals surface area contributed by atoms with Crippen LogP contribution < -0.4 is 0 Å². The summed E-state index contributed by atoms with van der Waals surface area (Å²) >= 11 is 0. The van der Waals surface area contributed by atoms with Crippen LogP contribution in [0, 0.1) is 34.5 Å². The minimum absolute atomic E-state index is 0.488. The molecule has 140 valence electrons. The van der Waals surface area contributed by atoms with E-state index in [1.165, 1.54) is 51.4 Å². The Bertz CT molecular complexity index is 654. The van der Waals surface area contributed by atoms with Crippen LogP contribution >= 0.6 is 0 Å². The van der Waals surface area contributed by atoms with Crippen LogP contribution in [0.5, 0.6) is 0 Å². The van der Waals surface area contributed by atoms with E-state index in [2.05, 4.69) is 67.6 Å². The van der Waals surface area contributed by atoms with Crippen molar-refractivity contribution >= 4 is 0 Å². The molecule has 0 spiro atoms. The zero-order valence-corrected chi connectivity index (χ0v) is 16.6. The van der Waals surface area contributed by atoms with Crippen molar-refractivity contribution in [1.29, 1.82) is 0 Å². The third-order valence-corrected chi connectivity index (χ3v) is 9.28. The van der Waals surface area contributed by atoms with Crippen LogP contribution in [-0.2, 0) is 0 Å². The van der Waals surface area contributed by atoms with Crippen molar-refractivity contribution in [3.63, 3.8) is 0 Å². The SMILES string of the molecule is C[C@]12C=CCCC1CC[C@@H]1[C@@H]2CC[C@]2(C)C(N3C=CC=CC=C3)CC[C@@H]12. The zero-order valence-electron chi connectivity index (χ0n) is 16.6. The Hall–Kier alpha value is -1.24. The molecule has 0 aromatic heterocycles. The lowest BCUT2D eigenvalue weighted by Gasteiger charge is -2.59. The van der Waals surface area contributed by atoms with E-state index in [1.54, 1.807) is 0 Å². The highest BCUT2D eigenvalue weighted by Gasteiger charge is 2.59. The number of hydrogen-bond acceptors (Lipinski definition) is 1. The van der Waals surface area contributed by atoms with Crippen LogP contribution in [0.2, 0.25) is 0 Å². The van der Waals surface area contributed by atoms with E-state index in [1.807, 2.05) is 0 Å². The second kappa shape index (κ2) is 6.14. The lowest BCUT2D eigenvalue weighted by atomic mass is 9.46. The molecule has 1 nitrogen and oxygen atoms in total. The van der Waals surface area contributed by atoms with Gasteiger partial charge in [0.25, 0.3) is 0 Å². The second-order valence-corrected chi connectivity index (χ2v) is 10.1. The van der Waals surface area contributed by atoms with Gasteiger partial charge in [0.1, 0.15) is 0 Å². The molecule has 0 saturated heterocycles. The molecule has 3 saturated carbocycles. The molecule has 0 amide bonds. The van der Waals surface area contributed by atoms with Gasteiger partial charge in [-0.3, -0.25) is 0 Å². The summed E-state index contributed by atoms with van der Waals surface area (Å²) in [4.78, 5) is 2.54. The number of rotatable bonds is 1. The quantitative estimate of drug-likeness (QED) is 0.491. The smallest absolute Gasteiger partial charge is 0.0387 e. The molecule has 4 aliphatic carbocycles. The average molecular weight is 350 g/mol. The Balaban J connectivity index is 1.43. The maximum absolute atomic E-state index is 2.65. The van der Waals surface area contributed by atoms with Crippen LogP contribution in [0.3, 0.4) is 0 Å². The largest absolute Gasteiger partial charge is 0.351 e. The van der Waals surface area contributed by atoms with Crippen molar-refractivity contribution in [3.05, 3.63) is 48.9 Å². The molecule has 0 radical (unpaired) electrons. The predicted octanol–water partition coefficient (Wildman–Crippen LogP) is 6.46. The number of allylic oxidation sites excluding steroid dienone is 6.